The molecule has 4 nitrogen and oxygen atoms in total. The molecule has 0 radical (unpaired) electrons. The smallest absolute Gasteiger partial charge is 0.239 e. The minimum absolute atomic E-state index is 0.0343. The molecule has 17 heavy (non-hydrogen) atoms. The fourth-order valence-electron chi connectivity index (χ4n) is 2.23. The SMILES string of the molecule is CCCNC1CCN(CC(O)(CC)CC)C1=O. The monoisotopic (exact) mass is 242 g/mol. The van der Waals surface area contributed by atoms with Gasteiger partial charge in [-0.2, -0.15) is 0 Å². The van der Waals surface area contributed by atoms with Gasteiger partial charge < -0.3 is 15.3 Å². The number of amides is 1. The van der Waals surface area contributed by atoms with E-state index in [1.165, 1.54) is 0 Å². The molecule has 1 aliphatic heterocycles. The highest BCUT2D eigenvalue weighted by Gasteiger charge is 2.35. The lowest BCUT2D eigenvalue weighted by Crippen LogP contribution is -2.46. The van der Waals surface area contributed by atoms with Crippen molar-refractivity contribution >= 4 is 5.91 Å². The highest BCUT2D eigenvalue weighted by molar-refractivity contribution is 5.84. The van der Waals surface area contributed by atoms with Gasteiger partial charge in [0, 0.05) is 13.1 Å². The zero-order valence-corrected chi connectivity index (χ0v) is 11.3. The lowest BCUT2D eigenvalue weighted by molar-refractivity contribution is -0.132. The number of carbonyl (C=O) groups excluding carboxylic acids is 1. The maximum Gasteiger partial charge on any atom is 0.239 e. The molecule has 1 saturated heterocycles. The normalized spacial score (nSPS) is 21.3. The number of nitrogens with one attached hydrogen (secondary N) is 1. The van der Waals surface area contributed by atoms with Crippen LogP contribution in [-0.4, -0.2) is 47.2 Å². The van der Waals surface area contributed by atoms with Crippen molar-refractivity contribution in [3.8, 4) is 0 Å². The van der Waals surface area contributed by atoms with E-state index in [4.69, 9.17) is 0 Å². The van der Waals surface area contributed by atoms with E-state index in [1.807, 2.05) is 13.8 Å². The van der Waals surface area contributed by atoms with Gasteiger partial charge in [-0.3, -0.25) is 4.79 Å². The molecule has 1 unspecified atom stereocenters. The van der Waals surface area contributed by atoms with E-state index >= 15 is 0 Å². The van der Waals surface area contributed by atoms with Crippen LogP contribution in [0.5, 0.6) is 0 Å². The highest BCUT2D eigenvalue weighted by Crippen LogP contribution is 2.20. The Labute approximate surface area is 104 Å². The van der Waals surface area contributed by atoms with Gasteiger partial charge in [0.05, 0.1) is 11.6 Å². The third-order valence-electron chi connectivity index (χ3n) is 3.74. The number of hydrogen-bond donors (Lipinski definition) is 2. The van der Waals surface area contributed by atoms with Crippen molar-refractivity contribution in [2.45, 2.75) is 58.1 Å². The minimum Gasteiger partial charge on any atom is -0.388 e. The van der Waals surface area contributed by atoms with Crippen molar-refractivity contribution in [2.24, 2.45) is 0 Å². The molecule has 4 heteroatoms. The average molecular weight is 242 g/mol. The molecule has 1 rings (SSSR count). The zero-order valence-electron chi connectivity index (χ0n) is 11.3. The maximum atomic E-state index is 12.1. The molecule has 2 N–H and O–H groups in total. The molecule has 1 amide bonds. The van der Waals surface area contributed by atoms with Gasteiger partial charge in [0.25, 0.3) is 0 Å². The van der Waals surface area contributed by atoms with E-state index in [2.05, 4.69) is 12.2 Å². The standard InChI is InChI=1S/C13H26N2O2/c1-4-8-14-11-7-9-15(12(11)16)10-13(17,5-2)6-3/h11,14,17H,4-10H2,1-3H3. The molecule has 0 spiro atoms. The van der Waals surface area contributed by atoms with Gasteiger partial charge in [-0.1, -0.05) is 20.8 Å². The summed E-state index contributed by atoms with van der Waals surface area (Å²) in [5.41, 5.74) is -0.713. The average Bonchev–Trinajstić information content (AvgIpc) is 2.68. The van der Waals surface area contributed by atoms with E-state index in [1.54, 1.807) is 4.90 Å². The molecule has 1 fully saturated rings. The van der Waals surface area contributed by atoms with Crippen molar-refractivity contribution in [2.75, 3.05) is 19.6 Å². The molecular weight excluding hydrogens is 216 g/mol. The molecule has 0 bridgehead atoms. The molecule has 1 heterocycles. The molecule has 1 aliphatic rings. The first-order chi connectivity index (χ1) is 8.06. The Kier molecular flexibility index (Phi) is 5.40. The zero-order chi connectivity index (χ0) is 12.9. The first-order valence-corrected chi connectivity index (χ1v) is 6.80. The number of likely N-dealkylation sites (tertiary alicyclic amines) is 1. The summed E-state index contributed by atoms with van der Waals surface area (Å²) in [5.74, 6) is 0.152. The van der Waals surface area contributed by atoms with Crippen LogP contribution in [0, 0.1) is 0 Å². The number of carbonyl (C=O) groups is 1. The van der Waals surface area contributed by atoms with Gasteiger partial charge in [0.1, 0.15) is 0 Å². The summed E-state index contributed by atoms with van der Waals surface area (Å²) < 4.78 is 0. The quantitative estimate of drug-likeness (QED) is 0.704. The topological polar surface area (TPSA) is 52.6 Å². The lowest BCUT2D eigenvalue weighted by Gasteiger charge is -2.30. The molecule has 0 aromatic heterocycles. The van der Waals surface area contributed by atoms with Crippen molar-refractivity contribution in [3.05, 3.63) is 0 Å². The van der Waals surface area contributed by atoms with Crippen LogP contribution in [0.1, 0.15) is 46.5 Å². The summed E-state index contributed by atoms with van der Waals surface area (Å²) in [6.07, 6.45) is 3.29. The fourth-order valence-corrected chi connectivity index (χ4v) is 2.23. The van der Waals surface area contributed by atoms with Crippen LogP contribution >= 0.6 is 0 Å². The van der Waals surface area contributed by atoms with E-state index in [0.717, 1.165) is 25.9 Å². The van der Waals surface area contributed by atoms with Crippen LogP contribution in [0.3, 0.4) is 0 Å². The van der Waals surface area contributed by atoms with Gasteiger partial charge in [0.2, 0.25) is 5.91 Å². The molecule has 0 aromatic rings. The van der Waals surface area contributed by atoms with Crippen LogP contribution in [0.15, 0.2) is 0 Å². The third kappa shape index (κ3) is 3.68. The number of β-amino-alcohol motifs (C(OH)–C–C–N with tert-alkyl or cyclic N) is 1. The summed E-state index contributed by atoms with van der Waals surface area (Å²) in [4.78, 5) is 13.9. The molecule has 1 atom stereocenters. The largest absolute Gasteiger partial charge is 0.388 e. The Hall–Kier alpha value is -0.610. The van der Waals surface area contributed by atoms with Gasteiger partial charge in [-0.05, 0) is 32.2 Å². The second kappa shape index (κ2) is 6.36. The van der Waals surface area contributed by atoms with Crippen molar-refractivity contribution in [3.63, 3.8) is 0 Å². The molecule has 0 saturated carbocycles. The van der Waals surface area contributed by atoms with Gasteiger partial charge >= 0.3 is 0 Å². The second-order valence-corrected chi connectivity index (χ2v) is 4.99. The summed E-state index contributed by atoms with van der Waals surface area (Å²) in [5, 5.41) is 13.5. The molecular formula is C13H26N2O2. The van der Waals surface area contributed by atoms with Gasteiger partial charge in [-0.25, -0.2) is 0 Å². The van der Waals surface area contributed by atoms with Crippen LogP contribution in [-0.2, 0) is 4.79 Å². The highest BCUT2D eigenvalue weighted by atomic mass is 16.3. The van der Waals surface area contributed by atoms with Crippen LogP contribution < -0.4 is 5.32 Å². The molecule has 0 aliphatic carbocycles. The Bertz CT molecular complexity index is 252. The number of aliphatic hydroxyl groups is 1. The number of hydrogen-bond acceptors (Lipinski definition) is 3. The van der Waals surface area contributed by atoms with Gasteiger partial charge in [-0.15, -0.1) is 0 Å². The van der Waals surface area contributed by atoms with E-state index in [9.17, 15) is 9.90 Å². The molecule has 100 valence electrons. The Morgan fingerprint density at radius 3 is 2.59 bits per heavy atom. The van der Waals surface area contributed by atoms with Gasteiger partial charge in [0.15, 0.2) is 0 Å². The lowest BCUT2D eigenvalue weighted by atomic mass is 9.97. The second-order valence-electron chi connectivity index (χ2n) is 4.99. The first-order valence-electron chi connectivity index (χ1n) is 6.80. The van der Waals surface area contributed by atoms with E-state index in [-0.39, 0.29) is 11.9 Å². The predicted molar refractivity (Wildman–Crippen MR) is 68.8 cm³/mol. The summed E-state index contributed by atoms with van der Waals surface area (Å²) in [7, 11) is 0. The summed E-state index contributed by atoms with van der Waals surface area (Å²) >= 11 is 0. The van der Waals surface area contributed by atoms with Crippen molar-refractivity contribution in [1.82, 2.24) is 10.2 Å². The molecule has 0 aromatic carbocycles. The van der Waals surface area contributed by atoms with Crippen LogP contribution in [0.4, 0.5) is 0 Å². The summed E-state index contributed by atoms with van der Waals surface area (Å²) in [6, 6.07) is -0.0343. The van der Waals surface area contributed by atoms with Crippen molar-refractivity contribution in [1.29, 1.82) is 0 Å². The number of nitrogens with zero attached hydrogens (tertiary/aromatic N) is 1. The summed E-state index contributed by atoms with van der Waals surface area (Å²) in [6.45, 7) is 8.16. The van der Waals surface area contributed by atoms with Crippen molar-refractivity contribution < 1.29 is 9.90 Å². The Morgan fingerprint density at radius 1 is 1.41 bits per heavy atom. The minimum atomic E-state index is -0.713. The Balaban J connectivity index is 2.49. The Morgan fingerprint density at radius 2 is 2.06 bits per heavy atom. The van der Waals surface area contributed by atoms with Crippen LogP contribution in [0.25, 0.3) is 0 Å². The maximum absolute atomic E-state index is 12.1. The predicted octanol–water partition coefficient (Wildman–Crippen LogP) is 1.14. The van der Waals surface area contributed by atoms with E-state index in [0.29, 0.717) is 19.4 Å². The van der Waals surface area contributed by atoms with Crippen LogP contribution in [0.2, 0.25) is 0 Å². The number of rotatable bonds is 7. The third-order valence-corrected chi connectivity index (χ3v) is 3.74. The van der Waals surface area contributed by atoms with E-state index < -0.39 is 5.60 Å². The first kappa shape index (κ1) is 14.5. The fraction of sp³-hybridized carbons (Fsp3) is 0.923.